The van der Waals surface area contributed by atoms with Gasteiger partial charge in [0.25, 0.3) is 5.91 Å². The van der Waals surface area contributed by atoms with Crippen molar-refractivity contribution in [3.05, 3.63) is 40.4 Å². The average Bonchev–Trinajstić information content (AvgIpc) is 2.94. The largest absolute Gasteiger partial charge is 0.350 e. The molecule has 2 rings (SSSR count). The number of likely N-dealkylation sites (N-methyl/N-ethyl adjacent to an activating group) is 1. The Balaban J connectivity index is 2.08. The van der Waals surface area contributed by atoms with Gasteiger partial charge in [0.15, 0.2) is 0 Å². The van der Waals surface area contributed by atoms with E-state index in [0.717, 1.165) is 5.56 Å². The van der Waals surface area contributed by atoms with E-state index < -0.39 is 0 Å². The van der Waals surface area contributed by atoms with Crippen molar-refractivity contribution in [2.24, 2.45) is 0 Å². The fourth-order valence-corrected chi connectivity index (χ4v) is 3.30. The summed E-state index contributed by atoms with van der Waals surface area (Å²) in [5.74, 6) is -0.441. The SMILES string of the molecule is CN(CC(=O)NC(C)(C)C)C(=O)c1cnc(-c2ccccc2Cl)s1. The topological polar surface area (TPSA) is 62.3 Å². The highest BCUT2D eigenvalue weighted by Crippen LogP contribution is 2.31. The number of carbonyl (C=O) groups is 2. The second-order valence-corrected chi connectivity index (χ2v) is 7.91. The maximum Gasteiger partial charge on any atom is 0.265 e. The smallest absolute Gasteiger partial charge is 0.265 e. The van der Waals surface area contributed by atoms with Crippen LogP contribution in [0.4, 0.5) is 0 Å². The Hall–Kier alpha value is -1.92. The molecule has 0 atom stereocenters. The third-order valence-electron chi connectivity index (χ3n) is 3.06. The molecule has 5 nitrogen and oxygen atoms in total. The Morgan fingerprint density at radius 3 is 2.58 bits per heavy atom. The summed E-state index contributed by atoms with van der Waals surface area (Å²) in [7, 11) is 1.60. The van der Waals surface area contributed by atoms with Crippen LogP contribution in [-0.4, -0.2) is 40.8 Å². The van der Waals surface area contributed by atoms with Crippen LogP contribution < -0.4 is 5.32 Å². The monoisotopic (exact) mass is 365 g/mol. The number of aromatic nitrogens is 1. The number of rotatable bonds is 4. The van der Waals surface area contributed by atoms with Crippen LogP contribution in [0.25, 0.3) is 10.6 Å². The van der Waals surface area contributed by atoms with E-state index in [1.807, 2.05) is 39.0 Å². The molecule has 0 radical (unpaired) electrons. The quantitative estimate of drug-likeness (QED) is 0.902. The number of nitrogens with zero attached hydrogens (tertiary/aromatic N) is 2. The molecule has 0 spiro atoms. The molecule has 0 bridgehead atoms. The predicted octanol–water partition coefficient (Wildman–Crippen LogP) is 3.45. The van der Waals surface area contributed by atoms with E-state index in [0.29, 0.717) is 14.9 Å². The summed E-state index contributed by atoms with van der Waals surface area (Å²) in [6.45, 7) is 5.68. The van der Waals surface area contributed by atoms with E-state index in [9.17, 15) is 9.59 Å². The number of benzene rings is 1. The van der Waals surface area contributed by atoms with Gasteiger partial charge in [0, 0.05) is 18.2 Å². The van der Waals surface area contributed by atoms with Crippen molar-refractivity contribution < 1.29 is 9.59 Å². The van der Waals surface area contributed by atoms with Crippen molar-refractivity contribution >= 4 is 34.8 Å². The van der Waals surface area contributed by atoms with E-state index in [2.05, 4.69) is 10.3 Å². The second kappa shape index (κ2) is 7.32. The number of hydrogen-bond acceptors (Lipinski definition) is 4. The Morgan fingerprint density at radius 1 is 1.29 bits per heavy atom. The van der Waals surface area contributed by atoms with Gasteiger partial charge in [-0.1, -0.05) is 29.8 Å². The molecule has 0 aliphatic heterocycles. The molecule has 128 valence electrons. The highest BCUT2D eigenvalue weighted by molar-refractivity contribution is 7.17. The summed E-state index contributed by atoms with van der Waals surface area (Å²) in [6.07, 6.45) is 1.52. The molecule has 1 heterocycles. The Labute approximate surface area is 150 Å². The lowest BCUT2D eigenvalue weighted by Crippen LogP contribution is -2.46. The summed E-state index contributed by atoms with van der Waals surface area (Å²) >= 11 is 7.42. The minimum Gasteiger partial charge on any atom is -0.350 e. The van der Waals surface area contributed by atoms with Crippen LogP contribution in [0, 0.1) is 0 Å². The molecule has 1 aromatic carbocycles. The van der Waals surface area contributed by atoms with Crippen molar-refractivity contribution in [3.63, 3.8) is 0 Å². The van der Waals surface area contributed by atoms with Gasteiger partial charge in [-0.3, -0.25) is 9.59 Å². The van der Waals surface area contributed by atoms with Gasteiger partial charge in [0.2, 0.25) is 5.91 Å². The van der Waals surface area contributed by atoms with Crippen LogP contribution in [-0.2, 0) is 4.79 Å². The van der Waals surface area contributed by atoms with Gasteiger partial charge in [-0.2, -0.15) is 0 Å². The third kappa shape index (κ3) is 4.79. The molecule has 0 aliphatic carbocycles. The molecule has 7 heteroatoms. The number of amides is 2. The fourth-order valence-electron chi connectivity index (χ4n) is 2.07. The summed E-state index contributed by atoms with van der Waals surface area (Å²) in [4.78, 5) is 30.5. The predicted molar refractivity (Wildman–Crippen MR) is 97.4 cm³/mol. The molecule has 0 fully saturated rings. The summed E-state index contributed by atoms with van der Waals surface area (Å²) in [5, 5.41) is 4.10. The van der Waals surface area contributed by atoms with Crippen molar-refractivity contribution in [3.8, 4) is 10.6 Å². The van der Waals surface area contributed by atoms with Gasteiger partial charge in [-0.25, -0.2) is 4.98 Å². The number of halogens is 1. The van der Waals surface area contributed by atoms with Crippen LogP contribution in [0.3, 0.4) is 0 Å². The highest BCUT2D eigenvalue weighted by atomic mass is 35.5. The van der Waals surface area contributed by atoms with Crippen molar-refractivity contribution in [1.29, 1.82) is 0 Å². The maximum absolute atomic E-state index is 12.5. The first kappa shape index (κ1) is 18.4. The van der Waals surface area contributed by atoms with E-state index in [-0.39, 0.29) is 23.9 Å². The summed E-state index contributed by atoms with van der Waals surface area (Å²) in [5.41, 5.74) is 0.458. The van der Waals surface area contributed by atoms with Crippen LogP contribution in [0.1, 0.15) is 30.4 Å². The van der Waals surface area contributed by atoms with Crippen molar-refractivity contribution in [2.45, 2.75) is 26.3 Å². The average molecular weight is 366 g/mol. The lowest BCUT2D eigenvalue weighted by molar-refractivity contribution is -0.122. The highest BCUT2D eigenvalue weighted by Gasteiger charge is 2.21. The molecule has 1 aromatic heterocycles. The Morgan fingerprint density at radius 2 is 1.96 bits per heavy atom. The van der Waals surface area contributed by atoms with Gasteiger partial charge >= 0.3 is 0 Å². The van der Waals surface area contributed by atoms with E-state index >= 15 is 0 Å². The van der Waals surface area contributed by atoms with Crippen LogP contribution >= 0.6 is 22.9 Å². The minimum absolute atomic E-state index is 0.00453. The maximum atomic E-state index is 12.5. The normalized spacial score (nSPS) is 11.2. The minimum atomic E-state index is -0.331. The number of nitrogens with one attached hydrogen (secondary N) is 1. The standard InChI is InChI=1S/C17H20ClN3O2S/c1-17(2,3)20-14(22)10-21(4)16(23)13-9-19-15(24-13)11-7-5-6-8-12(11)18/h5-9H,10H2,1-4H3,(H,20,22). The van der Waals surface area contributed by atoms with E-state index in [1.165, 1.54) is 22.4 Å². The van der Waals surface area contributed by atoms with Crippen LogP contribution in [0.15, 0.2) is 30.5 Å². The Kier molecular flexibility index (Phi) is 5.62. The number of thiazole rings is 1. The number of hydrogen-bond donors (Lipinski definition) is 1. The molecular weight excluding hydrogens is 346 g/mol. The van der Waals surface area contributed by atoms with E-state index in [1.54, 1.807) is 13.1 Å². The zero-order valence-corrected chi connectivity index (χ0v) is 15.7. The molecular formula is C17H20ClN3O2S. The lowest BCUT2D eigenvalue weighted by Gasteiger charge is -2.23. The van der Waals surface area contributed by atoms with Crippen LogP contribution in [0.2, 0.25) is 5.02 Å². The first-order valence-electron chi connectivity index (χ1n) is 7.44. The fraction of sp³-hybridized carbons (Fsp3) is 0.353. The first-order chi connectivity index (χ1) is 11.2. The molecule has 0 unspecified atom stereocenters. The van der Waals surface area contributed by atoms with E-state index in [4.69, 9.17) is 11.6 Å². The zero-order valence-electron chi connectivity index (χ0n) is 14.1. The van der Waals surface area contributed by atoms with Gasteiger partial charge in [-0.05, 0) is 26.8 Å². The van der Waals surface area contributed by atoms with Gasteiger partial charge in [0.05, 0.1) is 17.8 Å². The molecule has 2 amide bonds. The summed E-state index contributed by atoms with van der Waals surface area (Å²) < 4.78 is 0. The first-order valence-corrected chi connectivity index (χ1v) is 8.64. The van der Waals surface area contributed by atoms with Gasteiger partial charge < -0.3 is 10.2 Å². The van der Waals surface area contributed by atoms with Crippen molar-refractivity contribution in [1.82, 2.24) is 15.2 Å². The lowest BCUT2D eigenvalue weighted by atomic mass is 10.1. The Bertz CT molecular complexity index is 752. The molecule has 24 heavy (non-hydrogen) atoms. The third-order valence-corrected chi connectivity index (χ3v) is 4.41. The van der Waals surface area contributed by atoms with Crippen LogP contribution in [0.5, 0.6) is 0 Å². The van der Waals surface area contributed by atoms with Gasteiger partial charge in [0.1, 0.15) is 9.88 Å². The molecule has 0 saturated heterocycles. The van der Waals surface area contributed by atoms with Crippen molar-refractivity contribution in [2.75, 3.05) is 13.6 Å². The van der Waals surface area contributed by atoms with Gasteiger partial charge in [-0.15, -0.1) is 11.3 Å². The number of carbonyl (C=O) groups excluding carboxylic acids is 2. The molecule has 2 aromatic rings. The molecule has 0 aliphatic rings. The second-order valence-electron chi connectivity index (χ2n) is 6.47. The molecule has 0 saturated carbocycles. The summed E-state index contributed by atoms with van der Waals surface area (Å²) in [6, 6.07) is 7.35. The molecule has 1 N–H and O–H groups in total. The zero-order chi connectivity index (χ0) is 17.9.